The van der Waals surface area contributed by atoms with Crippen molar-refractivity contribution < 1.29 is 5.11 Å². The zero-order valence-corrected chi connectivity index (χ0v) is 11.1. The van der Waals surface area contributed by atoms with E-state index in [0.717, 1.165) is 12.3 Å². The number of hydrogen-bond acceptors (Lipinski definition) is 3. The van der Waals surface area contributed by atoms with E-state index >= 15 is 0 Å². The molecule has 0 heterocycles. The predicted molar refractivity (Wildman–Crippen MR) is 74.5 cm³/mol. The van der Waals surface area contributed by atoms with Crippen LogP contribution in [-0.4, -0.2) is 24.3 Å². The van der Waals surface area contributed by atoms with Crippen LogP contribution in [0.5, 0.6) is 0 Å². The van der Waals surface area contributed by atoms with Crippen LogP contribution in [0.4, 0.5) is 0 Å². The molecule has 1 aliphatic rings. The predicted octanol–water partition coefficient (Wildman–Crippen LogP) is 1.92. The first-order chi connectivity index (χ1) is 8.74. The molecule has 3 nitrogen and oxygen atoms in total. The molecule has 1 aromatic rings. The highest BCUT2D eigenvalue weighted by atomic mass is 16.3. The number of aliphatic hydroxyl groups is 1. The highest BCUT2D eigenvalue weighted by Gasteiger charge is 2.23. The van der Waals surface area contributed by atoms with Crippen LogP contribution in [0.3, 0.4) is 0 Å². The van der Waals surface area contributed by atoms with Crippen molar-refractivity contribution in [3.63, 3.8) is 0 Å². The molecule has 100 valence electrons. The highest BCUT2D eigenvalue weighted by molar-refractivity contribution is 5.29. The second-order valence-electron chi connectivity index (χ2n) is 5.31. The van der Waals surface area contributed by atoms with Gasteiger partial charge in [0.15, 0.2) is 0 Å². The molecule has 0 aliphatic heterocycles. The van der Waals surface area contributed by atoms with E-state index in [2.05, 4.69) is 36.5 Å². The van der Waals surface area contributed by atoms with Crippen molar-refractivity contribution in [3.05, 3.63) is 35.4 Å². The first-order valence-electron chi connectivity index (χ1n) is 6.91. The maximum atomic E-state index is 8.93. The van der Waals surface area contributed by atoms with Crippen LogP contribution in [0.25, 0.3) is 0 Å². The number of hydrogen-bond donors (Lipinski definition) is 3. The SMILES string of the molecule is CC(CCO)NC(CN)c1ccc(C2CC2)cc1. The fourth-order valence-corrected chi connectivity index (χ4v) is 2.34. The summed E-state index contributed by atoms with van der Waals surface area (Å²) in [6, 6.07) is 9.29. The fourth-order valence-electron chi connectivity index (χ4n) is 2.34. The Labute approximate surface area is 109 Å². The Hall–Kier alpha value is -0.900. The van der Waals surface area contributed by atoms with E-state index in [1.165, 1.54) is 24.0 Å². The van der Waals surface area contributed by atoms with Gasteiger partial charge in [-0.3, -0.25) is 0 Å². The number of rotatable bonds is 7. The fraction of sp³-hybridized carbons (Fsp3) is 0.600. The average Bonchev–Trinajstić information content (AvgIpc) is 3.21. The molecule has 0 radical (unpaired) electrons. The van der Waals surface area contributed by atoms with Crippen LogP contribution >= 0.6 is 0 Å². The zero-order valence-electron chi connectivity index (χ0n) is 11.1. The van der Waals surface area contributed by atoms with Gasteiger partial charge in [-0.25, -0.2) is 0 Å². The van der Waals surface area contributed by atoms with Crippen LogP contribution in [0.2, 0.25) is 0 Å². The Morgan fingerprint density at radius 2 is 2.00 bits per heavy atom. The van der Waals surface area contributed by atoms with Gasteiger partial charge in [0.2, 0.25) is 0 Å². The van der Waals surface area contributed by atoms with E-state index in [1.807, 2.05) is 0 Å². The summed E-state index contributed by atoms with van der Waals surface area (Å²) in [4.78, 5) is 0. The lowest BCUT2D eigenvalue weighted by Crippen LogP contribution is -2.35. The second kappa shape index (κ2) is 6.32. The smallest absolute Gasteiger partial charge is 0.0446 e. The minimum Gasteiger partial charge on any atom is -0.396 e. The lowest BCUT2D eigenvalue weighted by Gasteiger charge is -2.22. The van der Waals surface area contributed by atoms with Crippen molar-refractivity contribution in [2.45, 2.75) is 44.2 Å². The molecule has 0 spiro atoms. The van der Waals surface area contributed by atoms with Gasteiger partial charge in [-0.15, -0.1) is 0 Å². The first kappa shape index (κ1) is 13.5. The van der Waals surface area contributed by atoms with Gasteiger partial charge in [0.1, 0.15) is 0 Å². The summed E-state index contributed by atoms with van der Waals surface area (Å²) in [6.07, 6.45) is 3.44. The first-order valence-corrected chi connectivity index (χ1v) is 6.91. The van der Waals surface area contributed by atoms with E-state index in [0.29, 0.717) is 6.54 Å². The Morgan fingerprint density at radius 1 is 1.33 bits per heavy atom. The Bertz CT molecular complexity index is 359. The van der Waals surface area contributed by atoms with E-state index in [1.54, 1.807) is 0 Å². The molecule has 0 saturated heterocycles. The lowest BCUT2D eigenvalue weighted by atomic mass is 10.0. The molecule has 0 bridgehead atoms. The molecular formula is C15H24N2O. The second-order valence-corrected chi connectivity index (χ2v) is 5.31. The largest absolute Gasteiger partial charge is 0.396 e. The summed E-state index contributed by atoms with van der Waals surface area (Å²) in [7, 11) is 0. The highest BCUT2D eigenvalue weighted by Crippen LogP contribution is 2.40. The summed E-state index contributed by atoms with van der Waals surface area (Å²) in [5.41, 5.74) is 8.53. The van der Waals surface area contributed by atoms with E-state index in [9.17, 15) is 0 Å². The van der Waals surface area contributed by atoms with Crippen LogP contribution in [0.1, 0.15) is 49.3 Å². The molecule has 0 aromatic heterocycles. The standard InChI is InChI=1S/C15H24N2O/c1-11(8-9-18)17-15(10-16)14-6-4-13(5-7-14)12-2-3-12/h4-7,11-12,15,17-18H,2-3,8-10,16H2,1H3. The molecule has 2 unspecified atom stereocenters. The Kier molecular flexibility index (Phi) is 4.75. The molecule has 2 atom stereocenters. The number of benzene rings is 1. The Morgan fingerprint density at radius 3 is 2.50 bits per heavy atom. The summed E-state index contributed by atoms with van der Waals surface area (Å²) in [6.45, 7) is 2.88. The van der Waals surface area contributed by atoms with Crippen LogP contribution < -0.4 is 11.1 Å². The van der Waals surface area contributed by atoms with Gasteiger partial charge in [-0.05, 0) is 43.2 Å². The molecule has 0 amide bonds. The average molecular weight is 248 g/mol. The molecule has 1 aromatic carbocycles. The Balaban J connectivity index is 1.97. The summed E-state index contributed by atoms with van der Waals surface area (Å²) in [5.74, 6) is 0.802. The molecule has 4 N–H and O–H groups in total. The van der Waals surface area contributed by atoms with Gasteiger partial charge in [-0.2, -0.15) is 0 Å². The van der Waals surface area contributed by atoms with E-state index in [4.69, 9.17) is 10.8 Å². The van der Waals surface area contributed by atoms with E-state index < -0.39 is 0 Å². The maximum Gasteiger partial charge on any atom is 0.0446 e. The third-order valence-corrected chi connectivity index (χ3v) is 3.67. The van der Waals surface area contributed by atoms with Gasteiger partial charge in [0.05, 0.1) is 0 Å². The van der Waals surface area contributed by atoms with Crippen LogP contribution in [0, 0.1) is 0 Å². The number of nitrogens with two attached hydrogens (primary N) is 1. The van der Waals surface area contributed by atoms with Crippen LogP contribution in [-0.2, 0) is 0 Å². The minimum absolute atomic E-state index is 0.180. The quantitative estimate of drug-likeness (QED) is 0.691. The number of aliphatic hydroxyl groups excluding tert-OH is 1. The zero-order chi connectivity index (χ0) is 13.0. The molecular weight excluding hydrogens is 224 g/mol. The third-order valence-electron chi connectivity index (χ3n) is 3.67. The molecule has 2 rings (SSSR count). The third kappa shape index (κ3) is 3.55. The van der Waals surface area contributed by atoms with Crippen molar-refractivity contribution in [1.29, 1.82) is 0 Å². The molecule has 3 heteroatoms. The maximum absolute atomic E-state index is 8.93. The van der Waals surface area contributed by atoms with Crippen molar-refractivity contribution in [1.82, 2.24) is 5.32 Å². The summed E-state index contributed by atoms with van der Waals surface area (Å²) < 4.78 is 0. The van der Waals surface area contributed by atoms with Gasteiger partial charge in [-0.1, -0.05) is 24.3 Å². The van der Waals surface area contributed by atoms with Crippen molar-refractivity contribution in [3.8, 4) is 0 Å². The van der Waals surface area contributed by atoms with Crippen molar-refractivity contribution in [2.75, 3.05) is 13.2 Å². The van der Waals surface area contributed by atoms with Crippen LogP contribution in [0.15, 0.2) is 24.3 Å². The van der Waals surface area contributed by atoms with Gasteiger partial charge < -0.3 is 16.2 Å². The lowest BCUT2D eigenvalue weighted by molar-refractivity contribution is 0.263. The topological polar surface area (TPSA) is 58.3 Å². The van der Waals surface area contributed by atoms with Gasteiger partial charge >= 0.3 is 0 Å². The molecule has 18 heavy (non-hydrogen) atoms. The number of nitrogens with one attached hydrogen (secondary N) is 1. The monoisotopic (exact) mass is 248 g/mol. The van der Waals surface area contributed by atoms with Gasteiger partial charge in [0, 0.05) is 25.2 Å². The van der Waals surface area contributed by atoms with Crippen molar-refractivity contribution >= 4 is 0 Å². The summed E-state index contributed by atoms with van der Waals surface area (Å²) in [5, 5.41) is 12.4. The van der Waals surface area contributed by atoms with Gasteiger partial charge in [0.25, 0.3) is 0 Å². The molecule has 1 fully saturated rings. The molecule has 1 aliphatic carbocycles. The van der Waals surface area contributed by atoms with Crippen molar-refractivity contribution in [2.24, 2.45) is 5.73 Å². The normalized spacial score (nSPS) is 18.6. The minimum atomic E-state index is 0.180. The van der Waals surface area contributed by atoms with E-state index in [-0.39, 0.29) is 18.7 Å². The summed E-state index contributed by atoms with van der Waals surface area (Å²) >= 11 is 0. The molecule has 1 saturated carbocycles.